The minimum atomic E-state index is -1.69. The van der Waals surface area contributed by atoms with Gasteiger partial charge in [-0.15, -0.1) is 0 Å². The first-order chi connectivity index (χ1) is 9.55. The summed E-state index contributed by atoms with van der Waals surface area (Å²) in [5.74, 6) is -1.91. The average molecular weight is 337 g/mol. The molecular formula is C15H27BNaO6. The van der Waals surface area contributed by atoms with Crippen LogP contribution in [0.5, 0.6) is 0 Å². The van der Waals surface area contributed by atoms with E-state index in [2.05, 4.69) is 0 Å². The van der Waals surface area contributed by atoms with Crippen LogP contribution in [-0.2, 0) is 28.3 Å². The van der Waals surface area contributed by atoms with Crippen molar-refractivity contribution in [1.29, 1.82) is 0 Å². The van der Waals surface area contributed by atoms with Gasteiger partial charge in [0.1, 0.15) is 0 Å². The van der Waals surface area contributed by atoms with Crippen LogP contribution in [0.2, 0.25) is 0 Å². The fraction of sp³-hybridized carbons (Fsp3) is 0.800. The van der Waals surface area contributed by atoms with Gasteiger partial charge in [0, 0.05) is 0 Å². The molecule has 0 atom stereocenters. The molecule has 0 amide bonds. The van der Waals surface area contributed by atoms with Gasteiger partial charge in [-0.3, -0.25) is 14.4 Å². The normalized spacial score (nSPS) is 12.3. The molecule has 23 heavy (non-hydrogen) atoms. The van der Waals surface area contributed by atoms with Gasteiger partial charge in [0.25, 0.3) is 17.9 Å². The summed E-state index contributed by atoms with van der Waals surface area (Å²) < 4.78 is 15.1. The first kappa shape index (κ1) is 24.7. The van der Waals surface area contributed by atoms with Crippen molar-refractivity contribution in [2.24, 2.45) is 16.2 Å². The Morgan fingerprint density at radius 1 is 0.565 bits per heavy atom. The molecular weight excluding hydrogens is 310 g/mol. The maximum absolute atomic E-state index is 11.9. The van der Waals surface area contributed by atoms with E-state index in [-0.39, 0.29) is 29.6 Å². The quantitative estimate of drug-likeness (QED) is 0.661. The zero-order valence-electron chi connectivity index (χ0n) is 16.0. The first-order valence-electron chi connectivity index (χ1n) is 7.18. The molecule has 6 nitrogen and oxygen atoms in total. The van der Waals surface area contributed by atoms with Gasteiger partial charge in [-0.1, -0.05) is 0 Å². The second kappa shape index (κ2) is 8.54. The molecule has 127 valence electrons. The van der Waals surface area contributed by atoms with Crippen molar-refractivity contribution in [3.63, 3.8) is 0 Å². The molecule has 0 unspecified atom stereocenters. The summed E-state index contributed by atoms with van der Waals surface area (Å²) in [4.78, 5) is 35.8. The summed E-state index contributed by atoms with van der Waals surface area (Å²) in [6.45, 7) is 14.8. The van der Waals surface area contributed by atoms with Gasteiger partial charge in [0.05, 0.1) is 16.2 Å². The molecule has 0 aliphatic carbocycles. The zero-order valence-corrected chi connectivity index (χ0v) is 18.0. The van der Waals surface area contributed by atoms with Crippen LogP contribution in [0.25, 0.3) is 0 Å². The molecule has 8 heteroatoms. The molecule has 1 radical (unpaired) electrons. The summed E-state index contributed by atoms with van der Waals surface area (Å²) in [6, 6.07) is 0. The van der Waals surface area contributed by atoms with Crippen LogP contribution >= 0.6 is 0 Å². The molecule has 0 saturated carbocycles. The summed E-state index contributed by atoms with van der Waals surface area (Å²) in [5, 5.41) is 0. The SMILES string of the molecule is CC(C)(C)C(=O)O[B-](OC(=O)C(C)(C)C)OC(=O)C(C)(C)C.[Na+]. The van der Waals surface area contributed by atoms with E-state index in [0.717, 1.165) is 0 Å². The van der Waals surface area contributed by atoms with Crippen molar-refractivity contribution in [2.75, 3.05) is 0 Å². The van der Waals surface area contributed by atoms with E-state index in [1.165, 1.54) is 0 Å². The van der Waals surface area contributed by atoms with Crippen molar-refractivity contribution in [3.05, 3.63) is 0 Å². The van der Waals surface area contributed by atoms with Crippen LogP contribution in [0.15, 0.2) is 0 Å². The van der Waals surface area contributed by atoms with Gasteiger partial charge in [-0.25, -0.2) is 0 Å². The first-order valence-corrected chi connectivity index (χ1v) is 7.18. The number of hydrogen-bond acceptors (Lipinski definition) is 6. The molecule has 0 aromatic heterocycles. The summed E-state index contributed by atoms with van der Waals surface area (Å²) in [7, 11) is -1.69. The summed E-state index contributed by atoms with van der Waals surface area (Å²) in [5.41, 5.74) is -2.46. The van der Waals surface area contributed by atoms with Crippen LogP contribution in [0.1, 0.15) is 62.3 Å². The fourth-order valence-corrected chi connectivity index (χ4v) is 0.865. The minimum absolute atomic E-state index is 0. The van der Waals surface area contributed by atoms with E-state index in [1.807, 2.05) is 0 Å². The van der Waals surface area contributed by atoms with Gasteiger partial charge >= 0.3 is 36.9 Å². The third-order valence-corrected chi connectivity index (χ3v) is 2.45. The van der Waals surface area contributed by atoms with Gasteiger partial charge in [-0.2, -0.15) is 0 Å². The van der Waals surface area contributed by atoms with Gasteiger partial charge in [0.15, 0.2) is 0 Å². The molecule has 0 aliphatic heterocycles. The van der Waals surface area contributed by atoms with Crippen molar-refractivity contribution < 1.29 is 57.9 Å². The van der Waals surface area contributed by atoms with Crippen LogP contribution in [-0.4, -0.2) is 25.2 Å². The second-order valence-corrected chi connectivity index (χ2v) is 8.25. The molecule has 0 fully saturated rings. The average Bonchev–Trinajstić information content (AvgIpc) is 2.24. The maximum Gasteiger partial charge on any atom is 1.00 e. The number of carbonyl (C=O) groups is 3. The second-order valence-electron chi connectivity index (χ2n) is 8.25. The Labute approximate surface area is 161 Å². The third kappa shape index (κ3) is 9.38. The molecule has 0 aromatic rings. The molecule has 0 aliphatic rings. The van der Waals surface area contributed by atoms with Gasteiger partial charge in [0.2, 0.25) is 0 Å². The van der Waals surface area contributed by atoms with Gasteiger partial charge in [-0.05, 0) is 62.3 Å². The number of carbonyl (C=O) groups excluding carboxylic acids is 3. The summed E-state index contributed by atoms with van der Waals surface area (Å²) in [6.07, 6.45) is 0. The predicted octanol–water partition coefficient (Wildman–Crippen LogP) is -0.257. The van der Waals surface area contributed by atoms with E-state index in [9.17, 15) is 14.4 Å². The Bertz CT molecular complexity index is 376. The summed E-state index contributed by atoms with van der Waals surface area (Å²) >= 11 is 0. The molecule has 0 bridgehead atoms. The molecule has 0 N–H and O–H groups in total. The van der Waals surface area contributed by atoms with Crippen molar-refractivity contribution in [1.82, 2.24) is 0 Å². The van der Waals surface area contributed by atoms with Crippen molar-refractivity contribution >= 4 is 25.2 Å². The third-order valence-electron chi connectivity index (χ3n) is 2.45. The van der Waals surface area contributed by atoms with Crippen LogP contribution in [0, 0.1) is 16.2 Å². The Hall–Kier alpha value is -0.525. The topological polar surface area (TPSA) is 78.9 Å². The number of rotatable bonds is 3. The smallest absolute Gasteiger partial charge is 0.642 e. The molecule has 0 heterocycles. The Morgan fingerprint density at radius 3 is 0.870 bits per heavy atom. The van der Waals surface area contributed by atoms with E-state index < -0.39 is 41.5 Å². The Morgan fingerprint density at radius 2 is 0.739 bits per heavy atom. The largest absolute Gasteiger partial charge is 1.00 e. The van der Waals surface area contributed by atoms with Crippen LogP contribution < -0.4 is 29.6 Å². The van der Waals surface area contributed by atoms with Crippen LogP contribution in [0.4, 0.5) is 0 Å². The van der Waals surface area contributed by atoms with Gasteiger partial charge < -0.3 is 14.0 Å². The number of hydrogen-bond donors (Lipinski definition) is 0. The van der Waals surface area contributed by atoms with E-state index in [1.54, 1.807) is 62.3 Å². The van der Waals surface area contributed by atoms with E-state index in [4.69, 9.17) is 14.0 Å². The van der Waals surface area contributed by atoms with E-state index >= 15 is 0 Å². The van der Waals surface area contributed by atoms with Crippen molar-refractivity contribution in [3.8, 4) is 0 Å². The standard InChI is InChI=1S/C15H27BO6.Na/c1-13(2,3)10(17)20-16(21-11(18)14(4,5)6)22-12(19)15(7,8)9;/h1-9H3;/q-1;+1. The monoisotopic (exact) mass is 337 g/mol. The predicted molar refractivity (Wildman–Crippen MR) is 82.4 cm³/mol. The molecule has 0 saturated heterocycles. The Kier molecular flexibility index (Phi) is 9.18. The fourth-order valence-electron chi connectivity index (χ4n) is 0.865. The molecule has 0 rings (SSSR count). The minimum Gasteiger partial charge on any atom is -0.642 e. The van der Waals surface area contributed by atoms with Crippen molar-refractivity contribution in [2.45, 2.75) is 62.3 Å². The van der Waals surface area contributed by atoms with Crippen LogP contribution in [0.3, 0.4) is 0 Å². The maximum atomic E-state index is 11.9. The zero-order chi connectivity index (χ0) is 17.9. The molecule has 0 spiro atoms. The Balaban J connectivity index is 0. The van der Waals surface area contributed by atoms with E-state index in [0.29, 0.717) is 0 Å². The molecule has 0 aromatic carbocycles.